The molecule has 0 spiro atoms. The van der Waals surface area contributed by atoms with Crippen LogP contribution in [0.4, 0.5) is 0 Å². The number of rotatable bonds is 4. The molecule has 0 radical (unpaired) electrons. The maximum absolute atomic E-state index is 12.8. The number of hydrogen-bond donors (Lipinski definition) is 1. The molecule has 1 heterocycles. The van der Waals surface area contributed by atoms with Crippen LogP contribution in [0.3, 0.4) is 0 Å². The van der Waals surface area contributed by atoms with Crippen LogP contribution < -0.4 is 5.32 Å². The predicted molar refractivity (Wildman–Crippen MR) is 100 cm³/mol. The van der Waals surface area contributed by atoms with Crippen LogP contribution in [0.15, 0.2) is 29.2 Å². The van der Waals surface area contributed by atoms with E-state index in [4.69, 9.17) is 0 Å². The minimum absolute atomic E-state index is 0.0569. The molecule has 2 bridgehead atoms. The van der Waals surface area contributed by atoms with Crippen LogP contribution in [0.1, 0.15) is 44.1 Å². The molecule has 142 valence electrons. The van der Waals surface area contributed by atoms with Gasteiger partial charge in [-0.25, -0.2) is 8.42 Å². The first kappa shape index (κ1) is 18.0. The van der Waals surface area contributed by atoms with Crippen LogP contribution in [0.5, 0.6) is 0 Å². The number of amides is 1. The molecule has 0 unspecified atom stereocenters. The van der Waals surface area contributed by atoms with Crippen molar-refractivity contribution >= 4 is 15.9 Å². The molecular weight excluding hydrogens is 348 g/mol. The van der Waals surface area contributed by atoms with Crippen molar-refractivity contribution in [2.24, 2.45) is 17.8 Å². The first-order valence-electron chi connectivity index (χ1n) is 9.80. The fourth-order valence-corrected chi connectivity index (χ4v) is 6.41. The molecule has 1 aromatic rings. The van der Waals surface area contributed by atoms with Crippen molar-refractivity contribution in [3.63, 3.8) is 0 Å². The van der Waals surface area contributed by atoms with E-state index in [0.717, 1.165) is 17.9 Å². The molecule has 1 amide bonds. The first-order chi connectivity index (χ1) is 12.4. The average Bonchev–Trinajstić information content (AvgIpc) is 3.25. The van der Waals surface area contributed by atoms with Crippen LogP contribution in [-0.2, 0) is 14.8 Å². The van der Waals surface area contributed by atoms with Gasteiger partial charge in [0.15, 0.2) is 0 Å². The van der Waals surface area contributed by atoms with Crippen molar-refractivity contribution in [2.75, 3.05) is 13.1 Å². The Labute approximate surface area is 156 Å². The summed E-state index contributed by atoms with van der Waals surface area (Å²) < 4.78 is 27.1. The molecule has 3 atom stereocenters. The molecule has 3 fully saturated rings. The standard InChI is InChI=1S/C20H28N2O3S/c1-14-2-6-18(7-3-14)26(24,25)22-10-8-16(9-11-22)20(23)21-19-13-15-4-5-17(19)12-15/h2-3,6-7,15-17,19H,4-5,8-13H2,1H3,(H,21,23)/t15-,17-,19-/m1/s1. The van der Waals surface area contributed by atoms with E-state index in [-0.39, 0.29) is 11.8 Å². The van der Waals surface area contributed by atoms with Crippen molar-refractivity contribution in [1.29, 1.82) is 0 Å². The molecule has 2 saturated carbocycles. The van der Waals surface area contributed by atoms with Gasteiger partial charge in [0.25, 0.3) is 0 Å². The van der Waals surface area contributed by atoms with Crippen molar-refractivity contribution in [3.05, 3.63) is 29.8 Å². The fourth-order valence-electron chi connectivity index (χ4n) is 4.94. The Balaban J connectivity index is 1.33. The third-order valence-electron chi connectivity index (χ3n) is 6.55. The number of piperidine rings is 1. The molecule has 5 nitrogen and oxygen atoms in total. The van der Waals surface area contributed by atoms with Gasteiger partial charge in [0, 0.05) is 25.0 Å². The maximum Gasteiger partial charge on any atom is 0.243 e. The number of aryl methyl sites for hydroxylation is 1. The quantitative estimate of drug-likeness (QED) is 0.879. The van der Waals surface area contributed by atoms with Crippen molar-refractivity contribution in [3.8, 4) is 0 Å². The molecule has 1 N–H and O–H groups in total. The Kier molecular flexibility index (Phi) is 4.82. The number of nitrogens with one attached hydrogen (secondary N) is 1. The topological polar surface area (TPSA) is 66.5 Å². The summed E-state index contributed by atoms with van der Waals surface area (Å²) >= 11 is 0. The van der Waals surface area contributed by atoms with E-state index in [9.17, 15) is 13.2 Å². The SMILES string of the molecule is Cc1ccc(S(=O)(=O)N2CCC(C(=O)N[C@@H]3C[C@@H]4CC[C@@H]3C4)CC2)cc1. The highest BCUT2D eigenvalue weighted by atomic mass is 32.2. The van der Waals surface area contributed by atoms with E-state index in [1.165, 1.54) is 23.6 Å². The zero-order chi connectivity index (χ0) is 18.3. The average molecular weight is 377 g/mol. The van der Waals surface area contributed by atoms with Gasteiger partial charge in [-0.05, 0) is 63.0 Å². The summed E-state index contributed by atoms with van der Waals surface area (Å²) in [6.45, 7) is 2.78. The summed E-state index contributed by atoms with van der Waals surface area (Å²) in [6.07, 6.45) is 6.21. The van der Waals surface area contributed by atoms with Crippen molar-refractivity contribution in [1.82, 2.24) is 9.62 Å². The number of carbonyl (C=O) groups is 1. The minimum atomic E-state index is -3.46. The monoisotopic (exact) mass is 376 g/mol. The lowest BCUT2D eigenvalue weighted by Gasteiger charge is -2.32. The second-order valence-corrected chi connectivity index (χ2v) is 10.2. The van der Waals surface area contributed by atoms with E-state index >= 15 is 0 Å². The summed E-state index contributed by atoms with van der Waals surface area (Å²) in [5.41, 5.74) is 1.04. The van der Waals surface area contributed by atoms with Gasteiger partial charge in [0.05, 0.1) is 4.90 Å². The zero-order valence-corrected chi connectivity index (χ0v) is 16.2. The zero-order valence-electron chi connectivity index (χ0n) is 15.4. The van der Waals surface area contributed by atoms with E-state index in [1.807, 2.05) is 19.1 Å². The Hall–Kier alpha value is -1.40. The smallest absolute Gasteiger partial charge is 0.243 e. The molecular formula is C20H28N2O3S. The number of nitrogens with zero attached hydrogens (tertiary/aromatic N) is 1. The highest BCUT2D eigenvalue weighted by molar-refractivity contribution is 7.89. The lowest BCUT2D eigenvalue weighted by atomic mass is 9.93. The van der Waals surface area contributed by atoms with E-state index in [2.05, 4.69) is 5.32 Å². The van der Waals surface area contributed by atoms with Gasteiger partial charge in [-0.15, -0.1) is 0 Å². The number of fused-ring (bicyclic) bond motifs is 2. The van der Waals surface area contributed by atoms with Crippen molar-refractivity contribution < 1.29 is 13.2 Å². The van der Waals surface area contributed by atoms with Gasteiger partial charge < -0.3 is 5.32 Å². The van der Waals surface area contributed by atoms with Crippen LogP contribution in [0.25, 0.3) is 0 Å². The molecule has 4 rings (SSSR count). The maximum atomic E-state index is 12.8. The number of carbonyl (C=O) groups excluding carboxylic acids is 1. The van der Waals surface area contributed by atoms with Gasteiger partial charge in [-0.1, -0.05) is 24.1 Å². The summed E-state index contributed by atoms with van der Waals surface area (Å²) in [6, 6.07) is 7.33. The van der Waals surface area contributed by atoms with Gasteiger partial charge in [0.2, 0.25) is 15.9 Å². The van der Waals surface area contributed by atoms with Crippen LogP contribution in [0.2, 0.25) is 0 Å². The molecule has 2 aliphatic carbocycles. The summed E-state index contributed by atoms with van der Waals surface area (Å²) in [5.74, 6) is 1.56. The predicted octanol–water partition coefficient (Wildman–Crippen LogP) is 2.70. The largest absolute Gasteiger partial charge is 0.353 e. The summed E-state index contributed by atoms with van der Waals surface area (Å²) in [5, 5.41) is 3.26. The molecule has 1 saturated heterocycles. The first-order valence-corrected chi connectivity index (χ1v) is 11.2. The Morgan fingerprint density at radius 1 is 1.04 bits per heavy atom. The number of benzene rings is 1. The van der Waals surface area contributed by atoms with Gasteiger partial charge >= 0.3 is 0 Å². The van der Waals surface area contributed by atoms with Crippen LogP contribution >= 0.6 is 0 Å². The highest BCUT2D eigenvalue weighted by Crippen LogP contribution is 2.44. The third kappa shape index (κ3) is 3.41. The molecule has 1 aromatic carbocycles. The molecule has 3 aliphatic rings. The molecule has 6 heteroatoms. The lowest BCUT2D eigenvalue weighted by Crippen LogP contribution is -2.46. The Bertz CT molecular complexity index is 767. The normalized spacial score (nSPS) is 29.8. The molecule has 0 aromatic heterocycles. The fraction of sp³-hybridized carbons (Fsp3) is 0.650. The van der Waals surface area contributed by atoms with Crippen LogP contribution in [-0.4, -0.2) is 37.8 Å². The Morgan fingerprint density at radius 2 is 1.73 bits per heavy atom. The Morgan fingerprint density at radius 3 is 2.31 bits per heavy atom. The van der Waals surface area contributed by atoms with Crippen molar-refractivity contribution in [2.45, 2.75) is 56.4 Å². The third-order valence-corrected chi connectivity index (χ3v) is 8.46. The molecule has 1 aliphatic heterocycles. The lowest BCUT2D eigenvalue weighted by molar-refractivity contribution is -0.127. The number of hydrogen-bond acceptors (Lipinski definition) is 3. The van der Waals surface area contributed by atoms with E-state index < -0.39 is 10.0 Å². The van der Waals surface area contributed by atoms with Crippen LogP contribution in [0, 0.1) is 24.7 Å². The molecule has 26 heavy (non-hydrogen) atoms. The summed E-state index contributed by atoms with van der Waals surface area (Å²) in [4.78, 5) is 13.0. The van der Waals surface area contributed by atoms with Gasteiger partial charge in [-0.3, -0.25) is 4.79 Å². The summed E-state index contributed by atoms with van der Waals surface area (Å²) in [7, 11) is -3.46. The second-order valence-electron chi connectivity index (χ2n) is 8.28. The number of sulfonamides is 1. The second kappa shape index (κ2) is 6.97. The van der Waals surface area contributed by atoms with Gasteiger partial charge in [-0.2, -0.15) is 4.31 Å². The highest BCUT2D eigenvalue weighted by Gasteiger charge is 2.41. The van der Waals surface area contributed by atoms with Gasteiger partial charge in [0.1, 0.15) is 0 Å². The minimum Gasteiger partial charge on any atom is -0.353 e. The van der Waals surface area contributed by atoms with E-state index in [1.54, 1.807) is 12.1 Å². The van der Waals surface area contributed by atoms with E-state index in [0.29, 0.717) is 42.8 Å².